The van der Waals surface area contributed by atoms with Gasteiger partial charge in [0, 0.05) is 5.69 Å². The Hall–Kier alpha value is -0.995. The Balaban J connectivity index is 0.000000236. The van der Waals surface area contributed by atoms with E-state index in [0.29, 0.717) is 0 Å². The summed E-state index contributed by atoms with van der Waals surface area (Å²) < 4.78 is 0. The maximum absolute atomic E-state index is 7.12. The first-order valence-electron chi connectivity index (χ1n) is 2.83. The summed E-state index contributed by atoms with van der Waals surface area (Å²) in [6.45, 7) is 0. The van der Waals surface area contributed by atoms with Crippen LogP contribution in [0.15, 0.2) is 30.3 Å². The summed E-state index contributed by atoms with van der Waals surface area (Å²) in [5.74, 6) is 0. The standard InChI is InChI=1S/C6H7N.BH3O2/c7-6-4-2-1-3-5-6;2-1-3/h1-5H,7H2;1-3H. The van der Waals surface area contributed by atoms with Gasteiger partial charge in [-0.25, -0.2) is 0 Å². The van der Waals surface area contributed by atoms with Gasteiger partial charge in [-0.2, -0.15) is 0 Å². The summed E-state index contributed by atoms with van der Waals surface area (Å²) in [5.41, 5.74) is 6.18. The topological polar surface area (TPSA) is 66.5 Å². The molecule has 0 saturated carbocycles. The van der Waals surface area contributed by atoms with Crippen molar-refractivity contribution in [3.8, 4) is 0 Å². The van der Waals surface area contributed by atoms with Crippen molar-refractivity contribution in [1.29, 1.82) is 0 Å². The fourth-order valence-corrected chi connectivity index (χ4v) is 0.453. The Morgan fingerprint density at radius 1 is 1.10 bits per heavy atom. The molecular formula is C6H10BNO2. The van der Waals surface area contributed by atoms with Gasteiger partial charge in [-0.1, -0.05) is 18.2 Å². The molecule has 4 heteroatoms. The predicted molar refractivity (Wildman–Crippen MR) is 42.4 cm³/mol. The quantitative estimate of drug-likeness (QED) is 0.335. The first-order chi connectivity index (χ1) is 4.81. The van der Waals surface area contributed by atoms with Crippen LogP contribution in [-0.4, -0.2) is 17.7 Å². The smallest absolute Gasteiger partial charge is 0.430 e. The lowest BCUT2D eigenvalue weighted by Crippen LogP contribution is -1.79. The fraction of sp³-hybridized carbons (Fsp3) is 0. The molecule has 0 amide bonds. The number of nitrogen functional groups attached to an aromatic ring is 1. The largest absolute Gasteiger partial charge is 0.432 e. The van der Waals surface area contributed by atoms with Gasteiger partial charge in [0.05, 0.1) is 0 Å². The van der Waals surface area contributed by atoms with Gasteiger partial charge in [-0.05, 0) is 12.1 Å². The summed E-state index contributed by atoms with van der Waals surface area (Å²) in [7, 11) is -0.750. The van der Waals surface area contributed by atoms with E-state index < -0.39 is 7.69 Å². The van der Waals surface area contributed by atoms with Gasteiger partial charge in [0.25, 0.3) is 0 Å². The van der Waals surface area contributed by atoms with Gasteiger partial charge in [-0.3, -0.25) is 0 Å². The summed E-state index contributed by atoms with van der Waals surface area (Å²) in [4.78, 5) is 0. The zero-order valence-corrected chi connectivity index (χ0v) is 5.57. The second-order valence-corrected chi connectivity index (χ2v) is 1.55. The van der Waals surface area contributed by atoms with Crippen molar-refractivity contribution < 1.29 is 10.0 Å². The molecule has 0 fully saturated rings. The summed E-state index contributed by atoms with van der Waals surface area (Å²) in [6.07, 6.45) is 0. The molecule has 0 aliphatic heterocycles. The Morgan fingerprint density at radius 2 is 1.50 bits per heavy atom. The molecule has 0 spiro atoms. The first kappa shape index (κ1) is 9.00. The van der Waals surface area contributed by atoms with E-state index in [1.807, 2.05) is 30.3 Å². The van der Waals surface area contributed by atoms with Gasteiger partial charge in [0.15, 0.2) is 0 Å². The summed E-state index contributed by atoms with van der Waals surface area (Å²) in [5, 5.41) is 14.2. The molecule has 0 atom stereocenters. The molecule has 0 saturated heterocycles. The van der Waals surface area contributed by atoms with Crippen LogP contribution >= 0.6 is 0 Å². The Kier molecular flexibility index (Phi) is 5.52. The van der Waals surface area contributed by atoms with Gasteiger partial charge in [0.2, 0.25) is 0 Å². The van der Waals surface area contributed by atoms with Crippen LogP contribution in [0.1, 0.15) is 0 Å². The molecule has 0 aliphatic rings. The first-order valence-corrected chi connectivity index (χ1v) is 2.83. The van der Waals surface area contributed by atoms with E-state index in [4.69, 9.17) is 15.8 Å². The number of rotatable bonds is 0. The molecular weight excluding hydrogens is 129 g/mol. The highest BCUT2D eigenvalue weighted by Gasteiger charge is 1.72. The van der Waals surface area contributed by atoms with E-state index in [-0.39, 0.29) is 0 Å². The van der Waals surface area contributed by atoms with Crippen molar-refractivity contribution in [3.05, 3.63) is 30.3 Å². The highest BCUT2D eigenvalue weighted by Crippen LogP contribution is 1.95. The normalized spacial score (nSPS) is 7.40. The number of benzene rings is 1. The Labute approximate surface area is 60.4 Å². The molecule has 1 rings (SSSR count). The van der Waals surface area contributed by atoms with E-state index in [2.05, 4.69) is 0 Å². The predicted octanol–water partition coefficient (Wildman–Crippen LogP) is -0.494. The van der Waals surface area contributed by atoms with Crippen LogP contribution in [0, 0.1) is 0 Å². The summed E-state index contributed by atoms with van der Waals surface area (Å²) in [6, 6.07) is 9.49. The maximum atomic E-state index is 7.12. The van der Waals surface area contributed by atoms with E-state index >= 15 is 0 Å². The van der Waals surface area contributed by atoms with Crippen LogP contribution < -0.4 is 5.73 Å². The van der Waals surface area contributed by atoms with Gasteiger partial charge < -0.3 is 15.8 Å². The second-order valence-electron chi connectivity index (χ2n) is 1.55. The molecule has 0 unspecified atom stereocenters. The molecule has 54 valence electrons. The minimum Gasteiger partial charge on any atom is -0.430 e. The molecule has 1 aromatic carbocycles. The lowest BCUT2D eigenvalue weighted by molar-refractivity contribution is 0.448. The SMILES string of the molecule is Nc1ccccc1.OBO. The van der Waals surface area contributed by atoms with E-state index in [9.17, 15) is 0 Å². The third kappa shape index (κ3) is 5.15. The number of hydrogen-bond donors (Lipinski definition) is 3. The van der Waals surface area contributed by atoms with Crippen LogP contribution in [0.5, 0.6) is 0 Å². The van der Waals surface area contributed by atoms with Crippen LogP contribution in [0.4, 0.5) is 5.69 Å². The van der Waals surface area contributed by atoms with Crippen LogP contribution in [0.3, 0.4) is 0 Å². The van der Waals surface area contributed by atoms with Gasteiger partial charge >= 0.3 is 7.69 Å². The third-order valence-electron chi connectivity index (χ3n) is 0.800. The van der Waals surface area contributed by atoms with Gasteiger partial charge in [0.1, 0.15) is 0 Å². The molecule has 3 nitrogen and oxygen atoms in total. The lowest BCUT2D eigenvalue weighted by atomic mass is 10.3. The van der Waals surface area contributed by atoms with E-state index in [0.717, 1.165) is 5.69 Å². The molecule has 0 bridgehead atoms. The summed E-state index contributed by atoms with van der Waals surface area (Å²) >= 11 is 0. The highest BCUT2D eigenvalue weighted by molar-refractivity contribution is 6.13. The van der Waals surface area contributed by atoms with Crippen molar-refractivity contribution in [1.82, 2.24) is 0 Å². The molecule has 0 aliphatic carbocycles. The lowest BCUT2D eigenvalue weighted by Gasteiger charge is -1.83. The average molecular weight is 139 g/mol. The minimum atomic E-state index is -0.750. The van der Waals surface area contributed by atoms with Gasteiger partial charge in [-0.15, -0.1) is 0 Å². The van der Waals surface area contributed by atoms with E-state index in [1.54, 1.807) is 0 Å². The Morgan fingerprint density at radius 3 is 1.70 bits per heavy atom. The maximum Gasteiger partial charge on any atom is 0.432 e. The van der Waals surface area contributed by atoms with Crippen molar-refractivity contribution in [2.24, 2.45) is 0 Å². The number of anilines is 1. The monoisotopic (exact) mass is 139 g/mol. The van der Waals surface area contributed by atoms with E-state index in [1.165, 1.54) is 0 Å². The number of para-hydroxylation sites is 1. The molecule has 4 N–H and O–H groups in total. The number of nitrogens with two attached hydrogens (primary N) is 1. The van der Waals surface area contributed by atoms with Crippen molar-refractivity contribution >= 4 is 13.4 Å². The van der Waals surface area contributed by atoms with Crippen molar-refractivity contribution in [2.45, 2.75) is 0 Å². The molecule has 0 aromatic heterocycles. The highest BCUT2D eigenvalue weighted by atomic mass is 16.4. The fourth-order valence-electron chi connectivity index (χ4n) is 0.453. The van der Waals surface area contributed by atoms with Crippen LogP contribution in [-0.2, 0) is 0 Å². The molecule has 0 heterocycles. The zero-order chi connectivity index (χ0) is 7.82. The molecule has 10 heavy (non-hydrogen) atoms. The van der Waals surface area contributed by atoms with Crippen LogP contribution in [0.25, 0.3) is 0 Å². The minimum absolute atomic E-state index is 0.750. The second kappa shape index (κ2) is 6.13. The van der Waals surface area contributed by atoms with Crippen LogP contribution in [0.2, 0.25) is 0 Å². The number of hydrogen-bond acceptors (Lipinski definition) is 3. The van der Waals surface area contributed by atoms with Crippen molar-refractivity contribution in [3.63, 3.8) is 0 Å². The average Bonchev–Trinajstić information content (AvgIpc) is 1.91. The third-order valence-corrected chi connectivity index (χ3v) is 0.800. The van der Waals surface area contributed by atoms with Crippen molar-refractivity contribution in [2.75, 3.05) is 5.73 Å². The zero-order valence-electron chi connectivity index (χ0n) is 5.57. The molecule has 0 radical (unpaired) electrons. The molecule has 1 aromatic rings. The Bertz CT molecular complexity index is 157.